The number of hydrogen-bond acceptors (Lipinski definition) is 3. The quantitative estimate of drug-likeness (QED) is 0.579. The first-order valence-corrected chi connectivity index (χ1v) is 6.68. The number of rotatable bonds is 3. The minimum Gasteiger partial charge on any atom is -0.260 e. The Morgan fingerprint density at radius 1 is 1.25 bits per heavy atom. The molecule has 1 saturated carbocycles. The summed E-state index contributed by atoms with van der Waals surface area (Å²) in [5, 5.41) is 0. The minimum absolute atomic E-state index is 0.0918. The molecule has 0 aromatic heterocycles. The molecule has 0 aromatic carbocycles. The van der Waals surface area contributed by atoms with Gasteiger partial charge in [-0.05, 0) is 18.8 Å². The van der Waals surface area contributed by atoms with Crippen molar-refractivity contribution in [1.29, 1.82) is 0 Å². The predicted octanol–water partition coefficient (Wildman–Crippen LogP) is 2.82. The highest BCUT2D eigenvalue weighted by atomic mass is 32.2. The third-order valence-electron chi connectivity index (χ3n) is 2.90. The highest BCUT2D eigenvalue weighted by molar-refractivity contribution is 7.87. The van der Waals surface area contributed by atoms with Crippen LogP contribution in [0.3, 0.4) is 0 Å². The second-order valence-electron chi connectivity index (χ2n) is 3.99. The Labute approximate surface area is 93.1 Å². The lowest BCUT2D eigenvalue weighted by atomic mass is 9.85. The monoisotopic (exact) mass is 260 g/mol. The van der Waals surface area contributed by atoms with Gasteiger partial charge in [-0.3, -0.25) is 4.18 Å². The van der Waals surface area contributed by atoms with Crippen LogP contribution >= 0.6 is 0 Å². The van der Waals surface area contributed by atoms with Gasteiger partial charge in [-0.15, -0.1) is 0 Å². The summed E-state index contributed by atoms with van der Waals surface area (Å²) in [6.45, 7) is 1.83. The molecule has 3 nitrogen and oxygen atoms in total. The fourth-order valence-electron chi connectivity index (χ4n) is 1.98. The van der Waals surface area contributed by atoms with E-state index >= 15 is 0 Å². The fraction of sp³-hybridized carbons (Fsp3) is 1.00. The van der Waals surface area contributed by atoms with Crippen LogP contribution in [0, 0.1) is 5.92 Å². The number of alkyl halides is 3. The second kappa shape index (κ2) is 4.91. The molecule has 0 saturated heterocycles. The van der Waals surface area contributed by atoms with Crippen molar-refractivity contribution in [3.63, 3.8) is 0 Å². The molecule has 96 valence electrons. The van der Waals surface area contributed by atoms with E-state index in [0.29, 0.717) is 19.3 Å². The van der Waals surface area contributed by atoms with Crippen molar-refractivity contribution in [3.05, 3.63) is 0 Å². The first-order chi connectivity index (χ1) is 7.28. The van der Waals surface area contributed by atoms with E-state index in [1.54, 1.807) is 0 Å². The fourth-order valence-corrected chi connectivity index (χ4v) is 2.67. The molecular formula is C9H15F3O3S. The van der Waals surface area contributed by atoms with Gasteiger partial charge in [-0.2, -0.15) is 21.6 Å². The van der Waals surface area contributed by atoms with E-state index < -0.39 is 21.7 Å². The van der Waals surface area contributed by atoms with Crippen LogP contribution < -0.4 is 0 Å². The van der Waals surface area contributed by atoms with Gasteiger partial charge in [0.25, 0.3) is 0 Å². The molecule has 0 aliphatic heterocycles. The number of halogens is 3. The maximum absolute atomic E-state index is 12.1. The lowest BCUT2D eigenvalue weighted by Gasteiger charge is -2.30. The van der Waals surface area contributed by atoms with Gasteiger partial charge in [0.05, 0.1) is 6.10 Å². The van der Waals surface area contributed by atoms with Gasteiger partial charge in [0.2, 0.25) is 0 Å². The topological polar surface area (TPSA) is 43.4 Å². The van der Waals surface area contributed by atoms with Crippen molar-refractivity contribution in [2.75, 3.05) is 0 Å². The third-order valence-corrected chi connectivity index (χ3v) is 3.96. The van der Waals surface area contributed by atoms with Crippen molar-refractivity contribution in [1.82, 2.24) is 0 Å². The molecule has 0 N–H and O–H groups in total. The summed E-state index contributed by atoms with van der Waals surface area (Å²) in [4.78, 5) is 0. The Hall–Kier alpha value is -0.300. The Morgan fingerprint density at radius 2 is 1.81 bits per heavy atom. The van der Waals surface area contributed by atoms with Crippen LogP contribution in [0.15, 0.2) is 0 Å². The normalized spacial score (nSPS) is 28.0. The van der Waals surface area contributed by atoms with E-state index in [1.165, 1.54) is 0 Å². The molecule has 0 radical (unpaired) electrons. The van der Waals surface area contributed by atoms with Gasteiger partial charge in [0.1, 0.15) is 0 Å². The van der Waals surface area contributed by atoms with Crippen molar-refractivity contribution < 1.29 is 25.8 Å². The minimum atomic E-state index is -5.44. The summed E-state index contributed by atoms with van der Waals surface area (Å²) < 4.78 is 62.3. The van der Waals surface area contributed by atoms with E-state index in [-0.39, 0.29) is 5.92 Å². The maximum atomic E-state index is 12.1. The van der Waals surface area contributed by atoms with Gasteiger partial charge in [0.15, 0.2) is 0 Å². The van der Waals surface area contributed by atoms with Crippen LogP contribution in [-0.2, 0) is 14.3 Å². The van der Waals surface area contributed by atoms with E-state index in [4.69, 9.17) is 0 Å². The highest BCUT2D eigenvalue weighted by Crippen LogP contribution is 2.34. The molecule has 1 aliphatic carbocycles. The first-order valence-electron chi connectivity index (χ1n) is 5.27. The Bertz CT molecular complexity index is 323. The van der Waals surface area contributed by atoms with Gasteiger partial charge in [-0.1, -0.05) is 26.2 Å². The number of hydrogen-bond donors (Lipinski definition) is 0. The molecule has 7 heteroatoms. The summed E-state index contributed by atoms with van der Waals surface area (Å²) in [5.74, 6) is -0.0918. The van der Waals surface area contributed by atoms with Gasteiger partial charge in [-0.25, -0.2) is 0 Å². The lowest BCUT2D eigenvalue weighted by Crippen LogP contribution is -2.35. The van der Waals surface area contributed by atoms with Gasteiger partial charge in [0, 0.05) is 0 Å². The molecular weight excluding hydrogens is 245 g/mol. The van der Waals surface area contributed by atoms with E-state index in [0.717, 1.165) is 12.8 Å². The smallest absolute Gasteiger partial charge is 0.260 e. The molecule has 2 atom stereocenters. The average molecular weight is 260 g/mol. The molecule has 0 bridgehead atoms. The van der Waals surface area contributed by atoms with E-state index in [9.17, 15) is 21.6 Å². The maximum Gasteiger partial charge on any atom is 0.523 e. The largest absolute Gasteiger partial charge is 0.523 e. The molecule has 1 rings (SSSR count). The van der Waals surface area contributed by atoms with Crippen molar-refractivity contribution in [2.24, 2.45) is 5.92 Å². The Morgan fingerprint density at radius 3 is 2.31 bits per heavy atom. The SMILES string of the molecule is CCC1CCCCC1OS(=O)(=O)C(F)(F)F. The molecule has 0 spiro atoms. The van der Waals surface area contributed by atoms with Crippen LogP contribution in [-0.4, -0.2) is 20.0 Å². The zero-order valence-electron chi connectivity index (χ0n) is 8.96. The Kier molecular flexibility index (Phi) is 4.23. The van der Waals surface area contributed by atoms with Crippen LogP contribution in [0.1, 0.15) is 39.0 Å². The first kappa shape index (κ1) is 13.8. The van der Waals surface area contributed by atoms with Crippen LogP contribution in [0.2, 0.25) is 0 Å². The van der Waals surface area contributed by atoms with E-state index in [1.807, 2.05) is 6.92 Å². The molecule has 1 aliphatic rings. The van der Waals surface area contributed by atoms with Crippen molar-refractivity contribution in [2.45, 2.75) is 50.6 Å². The summed E-state index contributed by atoms with van der Waals surface area (Å²) in [5.41, 5.74) is -5.32. The predicted molar refractivity (Wildman–Crippen MR) is 52.1 cm³/mol. The highest BCUT2D eigenvalue weighted by Gasteiger charge is 2.49. The molecule has 0 heterocycles. The molecule has 1 fully saturated rings. The van der Waals surface area contributed by atoms with Gasteiger partial charge < -0.3 is 0 Å². The zero-order valence-corrected chi connectivity index (χ0v) is 9.77. The van der Waals surface area contributed by atoms with E-state index in [2.05, 4.69) is 4.18 Å². The summed E-state index contributed by atoms with van der Waals surface area (Å²) >= 11 is 0. The Balaban J connectivity index is 2.72. The lowest BCUT2D eigenvalue weighted by molar-refractivity contribution is -0.0612. The van der Waals surface area contributed by atoms with Crippen LogP contribution in [0.25, 0.3) is 0 Å². The summed E-state index contributed by atoms with van der Waals surface area (Å²) in [7, 11) is -5.44. The third kappa shape index (κ3) is 3.10. The second-order valence-corrected chi connectivity index (χ2v) is 5.55. The zero-order chi connectivity index (χ0) is 12.4. The molecule has 0 amide bonds. The standard InChI is InChI=1S/C9H15F3O3S/c1-2-7-5-3-4-6-8(7)15-16(13,14)9(10,11)12/h7-8H,2-6H2,1H3. The average Bonchev–Trinajstić information content (AvgIpc) is 2.16. The van der Waals surface area contributed by atoms with Gasteiger partial charge >= 0.3 is 15.6 Å². The molecule has 0 aromatic rings. The van der Waals surface area contributed by atoms with Crippen molar-refractivity contribution in [3.8, 4) is 0 Å². The molecule has 16 heavy (non-hydrogen) atoms. The summed E-state index contributed by atoms with van der Waals surface area (Å²) in [6, 6.07) is 0. The van der Waals surface area contributed by atoms with Crippen LogP contribution in [0.5, 0.6) is 0 Å². The summed E-state index contributed by atoms with van der Waals surface area (Å²) in [6.07, 6.45) is 2.57. The van der Waals surface area contributed by atoms with Crippen molar-refractivity contribution >= 4 is 10.1 Å². The van der Waals surface area contributed by atoms with Crippen LogP contribution in [0.4, 0.5) is 13.2 Å². The molecule has 2 unspecified atom stereocenters.